The molecule has 0 saturated carbocycles. The van der Waals surface area contributed by atoms with Crippen LogP contribution < -0.4 is 0 Å². The first-order chi connectivity index (χ1) is 11.7. The highest BCUT2D eigenvalue weighted by atomic mass is 79.9. The van der Waals surface area contributed by atoms with Crippen LogP contribution in [0.1, 0.15) is 23.4 Å². The molecule has 0 unspecified atom stereocenters. The molecule has 0 spiro atoms. The number of rotatable bonds is 5. The zero-order valence-corrected chi connectivity index (χ0v) is 15.1. The lowest BCUT2D eigenvalue weighted by molar-refractivity contribution is 0.626. The van der Waals surface area contributed by atoms with Crippen LogP contribution in [0.15, 0.2) is 59.3 Å². The van der Waals surface area contributed by atoms with E-state index in [-0.39, 0.29) is 0 Å². The molecule has 0 bridgehead atoms. The van der Waals surface area contributed by atoms with E-state index in [2.05, 4.69) is 49.7 Å². The van der Waals surface area contributed by atoms with Crippen LogP contribution in [0, 0.1) is 18.3 Å². The van der Waals surface area contributed by atoms with Crippen molar-refractivity contribution in [1.82, 2.24) is 9.55 Å². The van der Waals surface area contributed by atoms with E-state index in [1.54, 1.807) is 0 Å². The zero-order chi connectivity index (χ0) is 16.9. The van der Waals surface area contributed by atoms with Crippen molar-refractivity contribution in [2.24, 2.45) is 0 Å². The van der Waals surface area contributed by atoms with Crippen LogP contribution >= 0.6 is 15.9 Å². The fourth-order valence-corrected chi connectivity index (χ4v) is 3.13. The quantitative estimate of drug-likeness (QED) is 0.616. The first-order valence-corrected chi connectivity index (χ1v) is 8.73. The van der Waals surface area contributed by atoms with Crippen LogP contribution in [-0.4, -0.2) is 9.55 Å². The Morgan fingerprint density at radius 3 is 2.62 bits per heavy atom. The number of aryl methyl sites for hydroxylation is 3. The minimum Gasteiger partial charge on any atom is -0.335 e. The van der Waals surface area contributed by atoms with Crippen molar-refractivity contribution in [1.29, 1.82) is 5.26 Å². The third-order valence-corrected chi connectivity index (χ3v) is 4.69. The summed E-state index contributed by atoms with van der Waals surface area (Å²) in [5.74, 6) is 1.04. The van der Waals surface area contributed by atoms with E-state index in [1.165, 1.54) is 16.7 Å². The van der Waals surface area contributed by atoms with Crippen LogP contribution in [0.2, 0.25) is 0 Å². The van der Waals surface area contributed by atoms with Crippen LogP contribution in [0.4, 0.5) is 0 Å². The van der Waals surface area contributed by atoms with Gasteiger partial charge in [0.25, 0.3) is 0 Å². The molecule has 0 radical (unpaired) electrons. The minimum atomic E-state index is 0.713. The van der Waals surface area contributed by atoms with Crippen molar-refractivity contribution in [3.63, 3.8) is 0 Å². The van der Waals surface area contributed by atoms with E-state index in [0.29, 0.717) is 5.56 Å². The van der Waals surface area contributed by atoms with E-state index in [9.17, 15) is 5.26 Å². The average molecular weight is 380 g/mol. The number of nitriles is 1. The van der Waals surface area contributed by atoms with Gasteiger partial charge in [0.15, 0.2) is 0 Å². The summed E-state index contributed by atoms with van der Waals surface area (Å²) in [7, 11) is 0. The SMILES string of the molecule is Cc1nccn1CCCc1cc(C#N)ccc1-c1ccc(Br)cc1. The largest absolute Gasteiger partial charge is 0.335 e. The standard InChI is InChI=1S/C20H18BrN3/c1-15-23-10-12-24(15)11-2-3-18-13-16(14-22)4-9-20(18)17-5-7-19(21)8-6-17/h4-10,12-13H,2-3,11H2,1H3. The summed E-state index contributed by atoms with van der Waals surface area (Å²) in [5, 5.41) is 9.20. The van der Waals surface area contributed by atoms with Gasteiger partial charge in [0, 0.05) is 23.4 Å². The van der Waals surface area contributed by atoms with Gasteiger partial charge in [-0.3, -0.25) is 0 Å². The molecule has 2 aromatic carbocycles. The maximum atomic E-state index is 9.20. The molecular weight excluding hydrogens is 362 g/mol. The molecule has 4 heteroatoms. The summed E-state index contributed by atoms with van der Waals surface area (Å²) in [6.07, 6.45) is 5.78. The van der Waals surface area contributed by atoms with Gasteiger partial charge in [-0.25, -0.2) is 4.98 Å². The first-order valence-electron chi connectivity index (χ1n) is 7.94. The number of nitrogens with zero attached hydrogens (tertiary/aromatic N) is 3. The molecule has 0 aliphatic rings. The Morgan fingerprint density at radius 1 is 1.17 bits per heavy atom. The highest BCUT2D eigenvalue weighted by molar-refractivity contribution is 9.10. The first kappa shape index (κ1) is 16.5. The van der Waals surface area contributed by atoms with Crippen molar-refractivity contribution >= 4 is 15.9 Å². The van der Waals surface area contributed by atoms with Gasteiger partial charge in [-0.1, -0.05) is 34.1 Å². The molecule has 0 amide bonds. The Balaban J connectivity index is 1.83. The highest BCUT2D eigenvalue weighted by Gasteiger charge is 2.07. The van der Waals surface area contributed by atoms with Gasteiger partial charge >= 0.3 is 0 Å². The molecule has 3 nitrogen and oxygen atoms in total. The Bertz CT molecular complexity index is 873. The van der Waals surface area contributed by atoms with Gasteiger partial charge in [0.05, 0.1) is 11.6 Å². The molecule has 120 valence electrons. The average Bonchev–Trinajstić information content (AvgIpc) is 3.01. The summed E-state index contributed by atoms with van der Waals surface area (Å²) < 4.78 is 3.23. The number of hydrogen-bond donors (Lipinski definition) is 0. The van der Waals surface area contributed by atoms with Crippen molar-refractivity contribution in [2.75, 3.05) is 0 Å². The van der Waals surface area contributed by atoms with Crippen molar-refractivity contribution in [2.45, 2.75) is 26.3 Å². The topological polar surface area (TPSA) is 41.6 Å². The lowest BCUT2D eigenvalue weighted by Crippen LogP contribution is -2.01. The Kier molecular flexibility index (Phi) is 5.12. The maximum Gasteiger partial charge on any atom is 0.105 e. The number of imidazole rings is 1. The van der Waals surface area contributed by atoms with Gasteiger partial charge in [-0.05, 0) is 60.7 Å². The maximum absolute atomic E-state index is 9.20. The van der Waals surface area contributed by atoms with E-state index in [0.717, 1.165) is 29.7 Å². The zero-order valence-electron chi connectivity index (χ0n) is 13.5. The third kappa shape index (κ3) is 3.74. The molecule has 24 heavy (non-hydrogen) atoms. The van der Waals surface area contributed by atoms with Gasteiger partial charge in [0.1, 0.15) is 5.82 Å². The predicted molar refractivity (Wildman–Crippen MR) is 99.6 cm³/mol. The number of benzene rings is 2. The van der Waals surface area contributed by atoms with Gasteiger partial charge < -0.3 is 4.57 Å². The fraction of sp³-hybridized carbons (Fsp3) is 0.200. The molecule has 0 aliphatic heterocycles. The second kappa shape index (κ2) is 7.46. The van der Waals surface area contributed by atoms with Crippen LogP contribution in [-0.2, 0) is 13.0 Å². The van der Waals surface area contributed by atoms with Crippen LogP contribution in [0.3, 0.4) is 0 Å². The predicted octanol–water partition coefficient (Wildman–Crippen LogP) is 5.13. The molecule has 1 heterocycles. The molecular formula is C20H18BrN3. The molecule has 0 atom stereocenters. The molecule has 3 rings (SSSR count). The highest BCUT2D eigenvalue weighted by Crippen LogP contribution is 2.27. The third-order valence-electron chi connectivity index (χ3n) is 4.16. The molecule has 0 aliphatic carbocycles. The van der Waals surface area contributed by atoms with E-state index in [4.69, 9.17) is 0 Å². The van der Waals surface area contributed by atoms with Gasteiger partial charge in [0.2, 0.25) is 0 Å². The van der Waals surface area contributed by atoms with E-state index in [1.807, 2.05) is 43.6 Å². The second-order valence-corrected chi connectivity index (χ2v) is 6.68. The van der Waals surface area contributed by atoms with Crippen molar-refractivity contribution in [3.8, 4) is 17.2 Å². The Labute approximate surface area is 150 Å². The van der Waals surface area contributed by atoms with Crippen molar-refractivity contribution in [3.05, 3.63) is 76.3 Å². The summed E-state index contributed by atoms with van der Waals surface area (Å²) in [5.41, 5.74) is 4.30. The lowest BCUT2D eigenvalue weighted by Gasteiger charge is -2.11. The van der Waals surface area contributed by atoms with Gasteiger partial charge in [-0.2, -0.15) is 5.26 Å². The summed E-state index contributed by atoms with van der Waals surface area (Å²) in [4.78, 5) is 4.26. The normalized spacial score (nSPS) is 10.5. The Morgan fingerprint density at radius 2 is 1.96 bits per heavy atom. The number of hydrogen-bond acceptors (Lipinski definition) is 2. The summed E-state index contributed by atoms with van der Waals surface area (Å²) in [6, 6.07) is 16.5. The van der Waals surface area contributed by atoms with E-state index >= 15 is 0 Å². The lowest BCUT2D eigenvalue weighted by atomic mass is 9.95. The molecule has 1 aromatic heterocycles. The fourth-order valence-electron chi connectivity index (χ4n) is 2.86. The van der Waals surface area contributed by atoms with Crippen molar-refractivity contribution < 1.29 is 0 Å². The van der Waals surface area contributed by atoms with Gasteiger partial charge in [-0.15, -0.1) is 0 Å². The second-order valence-electron chi connectivity index (χ2n) is 5.76. The minimum absolute atomic E-state index is 0.713. The summed E-state index contributed by atoms with van der Waals surface area (Å²) in [6.45, 7) is 2.95. The molecule has 0 saturated heterocycles. The molecule has 3 aromatic rings. The summed E-state index contributed by atoms with van der Waals surface area (Å²) >= 11 is 3.48. The monoisotopic (exact) mass is 379 g/mol. The molecule has 0 N–H and O–H groups in total. The van der Waals surface area contributed by atoms with Crippen LogP contribution in [0.25, 0.3) is 11.1 Å². The van der Waals surface area contributed by atoms with E-state index < -0.39 is 0 Å². The van der Waals surface area contributed by atoms with Crippen LogP contribution in [0.5, 0.6) is 0 Å². The number of halogens is 1. The smallest absolute Gasteiger partial charge is 0.105 e. The Hall–Kier alpha value is -2.38. The number of aromatic nitrogens is 2. The molecule has 0 fully saturated rings.